The van der Waals surface area contributed by atoms with Gasteiger partial charge in [-0.15, -0.1) is 0 Å². The zero-order valence-electron chi connectivity index (χ0n) is 19.9. The third-order valence-corrected chi connectivity index (χ3v) is 7.35. The van der Waals surface area contributed by atoms with Gasteiger partial charge in [-0.3, -0.25) is 9.10 Å². The zero-order valence-corrected chi connectivity index (χ0v) is 20.7. The number of nitrogens with one attached hydrogen (secondary N) is 1. The molecule has 3 aromatic rings. The molecule has 0 radical (unpaired) electrons. The number of methoxy groups -OCH3 is 1. The van der Waals surface area contributed by atoms with Crippen LogP contribution in [0.3, 0.4) is 0 Å². The van der Waals surface area contributed by atoms with E-state index in [0.29, 0.717) is 18.2 Å². The first kappa shape index (κ1) is 25.3. The van der Waals surface area contributed by atoms with Crippen LogP contribution >= 0.6 is 0 Å². The fourth-order valence-electron chi connectivity index (χ4n) is 3.59. The number of ether oxygens (including phenoxy) is 1. The standard InChI is InChI=1S/C27H32N2O4S/c1-21(2)23-14-16-24(17-15-23)29(34(31,32)26-12-5-4-6-13-26)20-27(30)28-18-8-10-22-9-7-11-25(19-22)33-3/h4-7,9,11-17,19,21H,8,10,18,20H2,1-3H3,(H,28,30). The second kappa shape index (κ2) is 11.7. The maximum absolute atomic E-state index is 13.4. The van der Waals surface area contributed by atoms with Crippen LogP contribution in [0.25, 0.3) is 0 Å². The van der Waals surface area contributed by atoms with E-state index in [4.69, 9.17) is 4.74 Å². The lowest BCUT2D eigenvalue weighted by molar-refractivity contribution is -0.119. The molecule has 180 valence electrons. The Morgan fingerprint density at radius 3 is 2.32 bits per heavy atom. The largest absolute Gasteiger partial charge is 0.497 e. The molecule has 1 amide bonds. The minimum Gasteiger partial charge on any atom is -0.497 e. The van der Waals surface area contributed by atoms with Crippen LogP contribution in [0.5, 0.6) is 5.75 Å². The van der Waals surface area contributed by atoms with E-state index < -0.39 is 10.0 Å². The van der Waals surface area contributed by atoms with Crippen molar-refractivity contribution in [3.63, 3.8) is 0 Å². The zero-order chi connectivity index (χ0) is 24.6. The van der Waals surface area contributed by atoms with Crippen LogP contribution < -0.4 is 14.4 Å². The summed E-state index contributed by atoms with van der Waals surface area (Å²) in [6.45, 7) is 4.30. The quantitative estimate of drug-likeness (QED) is 0.402. The highest BCUT2D eigenvalue weighted by atomic mass is 32.2. The molecule has 0 aromatic heterocycles. The monoisotopic (exact) mass is 480 g/mol. The number of benzene rings is 3. The molecule has 0 saturated heterocycles. The highest BCUT2D eigenvalue weighted by Crippen LogP contribution is 2.25. The van der Waals surface area contributed by atoms with Crippen LogP contribution in [0.2, 0.25) is 0 Å². The minimum atomic E-state index is -3.90. The summed E-state index contributed by atoms with van der Waals surface area (Å²) in [5, 5.41) is 2.86. The lowest BCUT2D eigenvalue weighted by atomic mass is 10.0. The van der Waals surface area contributed by atoms with Gasteiger partial charge in [-0.1, -0.05) is 56.3 Å². The second-order valence-electron chi connectivity index (χ2n) is 8.38. The Balaban J connectivity index is 1.70. The average molecular weight is 481 g/mol. The molecule has 0 unspecified atom stereocenters. The first-order valence-corrected chi connectivity index (χ1v) is 12.8. The number of nitrogens with zero attached hydrogens (tertiary/aromatic N) is 1. The second-order valence-corrected chi connectivity index (χ2v) is 10.2. The first-order chi connectivity index (χ1) is 16.3. The number of carbonyl (C=O) groups is 1. The van der Waals surface area contributed by atoms with Gasteiger partial charge in [0.05, 0.1) is 17.7 Å². The smallest absolute Gasteiger partial charge is 0.264 e. The van der Waals surface area contributed by atoms with E-state index in [1.54, 1.807) is 37.4 Å². The Labute approximate surface area is 202 Å². The maximum Gasteiger partial charge on any atom is 0.264 e. The number of hydrogen-bond donors (Lipinski definition) is 1. The average Bonchev–Trinajstić information content (AvgIpc) is 2.86. The summed E-state index contributed by atoms with van der Waals surface area (Å²) >= 11 is 0. The fourth-order valence-corrected chi connectivity index (χ4v) is 5.04. The summed E-state index contributed by atoms with van der Waals surface area (Å²) in [6, 6.07) is 23.3. The molecule has 0 aliphatic heterocycles. The van der Waals surface area contributed by atoms with Crippen molar-refractivity contribution in [3.05, 3.63) is 90.0 Å². The van der Waals surface area contributed by atoms with Gasteiger partial charge in [0.15, 0.2) is 0 Å². The molecule has 0 aliphatic rings. The molecule has 3 aromatic carbocycles. The van der Waals surface area contributed by atoms with Gasteiger partial charge in [-0.25, -0.2) is 8.42 Å². The topological polar surface area (TPSA) is 75.7 Å². The summed E-state index contributed by atoms with van der Waals surface area (Å²) in [5.74, 6) is 0.769. The molecule has 0 fully saturated rings. The van der Waals surface area contributed by atoms with Gasteiger partial charge in [0.1, 0.15) is 12.3 Å². The van der Waals surface area contributed by atoms with E-state index in [1.165, 1.54) is 16.4 Å². The Kier molecular flexibility index (Phi) is 8.71. The number of sulfonamides is 1. The summed E-state index contributed by atoms with van der Waals surface area (Å²) in [7, 11) is -2.28. The highest BCUT2D eigenvalue weighted by molar-refractivity contribution is 7.92. The predicted molar refractivity (Wildman–Crippen MR) is 136 cm³/mol. The molecule has 0 bridgehead atoms. The van der Waals surface area contributed by atoms with E-state index in [0.717, 1.165) is 29.7 Å². The van der Waals surface area contributed by atoms with Crippen LogP contribution in [0.15, 0.2) is 83.8 Å². The highest BCUT2D eigenvalue weighted by Gasteiger charge is 2.27. The molecule has 7 heteroatoms. The van der Waals surface area contributed by atoms with E-state index in [9.17, 15) is 13.2 Å². The summed E-state index contributed by atoms with van der Waals surface area (Å²) in [4.78, 5) is 12.9. The number of aryl methyl sites for hydroxylation is 1. The van der Waals surface area contributed by atoms with Gasteiger partial charge < -0.3 is 10.1 Å². The lowest BCUT2D eigenvalue weighted by Gasteiger charge is -2.24. The molecule has 6 nitrogen and oxygen atoms in total. The van der Waals surface area contributed by atoms with Crippen molar-refractivity contribution in [1.29, 1.82) is 0 Å². The van der Waals surface area contributed by atoms with Crippen LogP contribution in [0.4, 0.5) is 5.69 Å². The third-order valence-electron chi connectivity index (χ3n) is 5.56. The molecule has 1 N–H and O–H groups in total. The molecular formula is C27H32N2O4S. The number of carbonyl (C=O) groups excluding carboxylic acids is 1. The van der Waals surface area contributed by atoms with Gasteiger partial charge in [-0.05, 0) is 66.3 Å². The minimum absolute atomic E-state index is 0.147. The number of anilines is 1. The first-order valence-electron chi connectivity index (χ1n) is 11.4. The van der Waals surface area contributed by atoms with Crippen molar-refractivity contribution in [2.24, 2.45) is 0 Å². The van der Waals surface area contributed by atoms with Crippen molar-refractivity contribution in [3.8, 4) is 5.75 Å². The van der Waals surface area contributed by atoms with Crippen molar-refractivity contribution in [2.45, 2.75) is 37.5 Å². The van der Waals surface area contributed by atoms with Gasteiger partial charge in [-0.2, -0.15) is 0 Å². The molecule has 0 saturated carbocycles. The van der Waals surface area contributed by atoms with Crippen LogP contribution in [-0.2, 0) is 21.2 Å². The van der Waals surface area contributed by atoms with Crippen LogP contribution in [0.1, 0.15) is 37.3 Å². The molecule has 0 heterocycles. The van der Waals surface area contributed by atoms with Crippen molar-refractivity contribution in [2.75, 3.05) is 24.5 Å². The summed E-state index contributed by atoms with van der Waals surface area (Å²) < 4.78 is 33.2. The number of hydrogen-bond acceptors (Lipinski definition) is 4. The van der Waals surface area contributed by atoms with Gasteiger partial charge in [0, 0.05) is 6.54 Å². The third kappa shape index (κ3) is 6.60. The van der Waals surface area contributed by atoms with E-state index in [2.05, 4.69) is 19.2 Å². The summed E-state index contributed by atoms with van der Waals surface area (Å²) in [5.41, 5.74) is 2.68. The van der Waals surface area contributed by atoms with Crippen LogP contribution in [0, 0.1) is 0 Å². The van der Waals surface area contributed by atoms with E-state index in [1.807, 2.05) is 36.4 Å². The molecule has 0 atom stereocenters. The van der Waals surface area contributed by atoms with Crippen molar-refractivity contribution in [1.82, 2.24) is 5.32 Å². The van der Waals surface area contributed by atoms with Gasteiger partial charge >= 0.3 is 0 Å². The molecular weight excluding hydrogens is 448 g/mol. The molecule has 34 heavy (non-hydrogen) atoms. The van der Waals surface area contributed by atoms with Crippen molar-refractivity contribution >= 4 is 21.6 Å². The van der Waals surface area contributed by atoms with Crippen molar-refractivity contribution < 1.29 is 17.9 Å². The Hall–Kier alpha value is -3.32. The maximum atomic E-state index is 13.4. The predicted octanol–water partition coefficient (Wildman–Crippen LogP) is 4.76. The molecule has 3 rings (SSSR count). The Morgan fingerprint density at radius 1 is 0.971 bits per heavy atom. The normalized spacial score (nSPS) is 11.3. The Morgan fingerprint density at radius 2 is 1.68 bits per heavy atom. The fraction of sp³-hybridized carbons (Fsp3) is 0.296. The van der Waals surface area contributed by atoms with E-state index in [-0.39, 0.29) is 17.3 Å². The molecule has 0 spiro atoms. The Bertz CT molecular complexity index is 1180. The van der Waals surface area contributed by atoms with Gasteiger partial charge in [0.2, 0.25) is 5.91 Å². The summed E-state index contributed by atoms with van der Waals surface area (Å²) in [6.07, 6.45) is 1.51. The molecule has 0 aliphatic carbocycles. The lowest BCUT2D eigenvalue weighted by Crippen LogP contribution is -2.41. The van der Waals surface area contributed by atoms with Gasteiger partial charge in [0.25, 0.3) is 10.0 Å². The van der Waals surface area contributed by atoms with Crippen LogP contribution in [-0.4, -0.2) is 34.5 Å². The SMILES string of the molecule is COc1cccc(CCCNC(=O)CN(c2ccc(C(C)C)cc2)S(=O)(=O)c2ccccc2)c1. The number of rotatable bonds is 11. The van der Waals surface area contributed by atoms with E-state index >= 15 is 0 Å². The number of amides is 1.